The number of ether oxygens (including phenoxy) is 2. The Balaban J connectivity index is 1.44. The summed E-state index contributed by atoms with van der Waals surface area (Å²) in [6, 6.07) is 14.4. The van der Waals surface area contributed by atoms with Crippen LogP contribution in [0.3, 0.4) is 0 Å². The van der Waals surface area contributed by atoms with E-state index in [9.17, 15) is 10.1 Å². The first-order valence-electron chi connectivity index (χ1n) is 11.0. The molecule has 0 spiro atoms. The van der Waals surface area contributed by atoms with Gasteiger partial charge in [0.05, 0.1) is 32.6 Å². The summed E-state index contributed by atoms with van der Waals surface area (Å²) in [5, 5.41) is 15.9. The molecule has 3 aromatic rings. The summed E-state index contributed by atoms with van der Waals surface area (Å²) in [6.07, 6.45) is 5.18. The highest BCUT2D eigenvalue weighted by Crippen LogP contribution is 2.52. The van der Waals surface area contributed by atoms with Gasteiger partial charge in [0.1, 0.15) is 6.61 Å². The number of non-ortho nitro benzene ring substituents is 1. The molecule has 1 aliphatic heterocycles. The number of halogens is 3. The number of benzene rings is 3. The van der Waals surface area contributed by atoms with E-state index in [0.717, 1.165) is 33.3 Å². The van der Waals surface area contributed by atoms with Crippen molar-refractivity contribution in [2.75, 3.05) is 12.4 Å². The topological polar surface area (TPSA) is 73.6 Å². The Hall–Kier alpha value is -2.74. The van der Waals surface area contributed by atoms with Gasteiger partial charge in [-0.1, -0.05) is 41.4 Å². The fourth-order valence-electron chi connectivity index (χ4n) is 4.87. The van der Waals surface area contributed by atoms with Crippen LogP contribution in [0.25, 0.3) is 0 Å². The zero-order chi connectivity index (χ0) is 24.7. The number of allylic oxidation sites excluding steroid dienone is 2. The van der Waals surface area contributed by atoms with Crippen LogP contribution in [-0.4, -0.2) is 12.0 Å². The van der Waals surface area contributed by atoms with Gasteiger partial charge in [0.15, 0.2) is 11.5 Å². The van der Waals surface area contributed by atoms with Gasteiger partial charge >= 0.3 is 0 Å². The van der Waals surface area contributed by atoms with Crippen molar-refractivity contribution in [3.63, 3.8) is 0 Å². The quantitative estimate of drug-likeness (QED) is 0.183. The Morgan fingerprint density at radius 2 is 1.97 bits per heavy atom. The zero-order valence-electron chi connectivity index (χ0n) is 18.6. The molecule has 0 aromatic heterocycles. The number of hydrogen-bond acceptors (Lipinski definition) is 5. The van der Waals surface area contributed by atoms with Crippen LogP contribution in [0.15, 0.2) is 65.2 Å². The maximum atomic E-state index is 11.3. The number of anilines is 1. The highest BCUT2D eigenvalue weighted by atomic mass is 79.9. The summed E-state index contributed by atoms with van der Waals surface area (Å²) in [6.45, 7) is 0.299. The van der Waals surface area contributed by atoms with Gasteiger partial charge in [0, 0.05) is 23.7 Å². The molecule has 1 N–H and O–H groups in total. The predicted octanol–water partition coefficient (Wildman–Crippen LogP) is 8.08. The van der Waals surface area contributed by atoms with Crippen molar-refractivity contribution in [3.05, 3.63) is 102 Å². The SMILES string of the molecule is COc1cc([C@@H]2Nc3ccc([N+](=O)[O-])cc3[C@@H]3C=CC[C@H]32)cc(Br)c1OCc1ccc(Cl)c(Cl)c1. The van der Waals surface area contributed by atoms with E-state index in [1.165, 1.54) is 0 Å². The predicted molar refractivity (Wildman–Crippen MR) is 141 cm³/mol. The Morgan fingerprint density at radius 1 is 1.14 bits per heavy atom. The fourth-order valence-corrected chi connectivity index (χ4v) is 5.76. The molecule has 35 heavy (non-hydrogen) atoms. The second-order valence-electron chi connectivity index (χ2n) is 8.58. The number of nitrogens with one attached hydrogen (secondary N) is 1. The molecule has 3 atom stereocenters. The lowest BCUT2D eigenvalue weighted by Crippen LogP contribution is -2.29. The number of rotatable bonds is 6. The van der Waals surface area contributed by atoms with Crippen molar-refractivity contribution in [1.82, 2.24) is 0 Å². The second kappa shape index (κ2) is 9.72. The maximum absolute atomic E-state index is 11.3. The van der Waals surface area contributed by atoms with Gasteiger partial charge in [-0.25, -0.2) is 0 Å². The number of nitro benzene ring substituents is 1. The molecule has 3 aromatic carbocycles. The molecule has 1 aliphatic carbocycles. The van der Waals surface area contributed by atoms with Crippen molar-refractivity contribution >= 4 is 50.5 Å². The van der Waals surface area contributed by atoms with Gasteiger partial charge in [0.2, 0.25) is 0 Å². The Morgan fingerprint density at radius 3 is 2.71 bits per heavy atom. The van der Waals surface area contributed by atoms with Gasteiger partial charge in [-0.15, -0.1) is 0 Å². The second-order valence-corrected chi connectivity index (χ2v) is 10.2. The van der Waals surface area contributed by atoms with Crippen LogP contribution >= 0.6 is 39.1 Å². The molecule has 5 rings (SSSR count). The fraction of sp³-hybridized carbons (Fsp3) is 0.231. The number of fused-ring (bicyclic) bond motifs is 3. The maximum Gasteiger partial charge on any atom is 0.269 e. The smallest absolute Gasteiger partial charge is 0.269 e. The Bertz CT molecular complexity index is 1350. The third kappa shape index (κ3) is 4.60. The van der Waals surface area contributed by atoms with Crippen LogP contribution in [0.2, 0.25) is 10.0 Å². The summed E-state index contributed by atoms with van der Waals surface area (Å²) in [5.74, 6) is 1.53. The van der Waals surface area contributed by atoms with Gasteiger partial charge < -0.3 is 14.8 Å². The first-order chi connectivity index (χ1) is 16.9. The third-order valence-electron chi connectivity index (χ3n) is 6.54. The Kier molecular flexibility index (Phi) is 6.66. The lowest BCUT2D eigenvalue weighted by molar-refractivity contribution is -0.384. The summed E-state index contributed by atoms with van der Waals surface area (Å²) < 4.78 is 12.6. The van der Waals surface area contributed by atoms with Crippen LogP contribution < -0.4 is 14.8 Å². The number of nitro groups is 1. The highest BCUT2D eigenvalue weighted by molar-refractivity contribution is 9.10. The van der Waals surface area contributed by atoms with Crippen molar-refractivity contribution in [2.45, 2.75) is 25.0 Å². The van der Waals surface area contributed by atoms with Crippen LogP contribution in [0.1, 0.15) is 35.1 Å². The molecule has 180 valence electrons. The van der Waals surface area contributed by atoms with Gasteiger partial charge in [-0.2, -0.15) is 0 Å². The van der Waals surface area contributed by atoms with E-state index in [2.05, 4.69) is 33.4 Å². The van der Waals surface area contributed by atoms with Crippen LogP contribution in [0.5, 0.6) is 11.5 Å². The molecular formula is C26H21BrCl2N2O4. The zero-order valence-corrected chi connectivity index (χ0v) is 21.7. The highest BCUT2D eigenvalue weighted by Gasteiger charge is 2.39. The molecule has 6 nitrogen and oxygen atoms in total. The minimum absolute atomic E-state index is 0.00159. The summed E-state index contributed by atoms with van der Waals surface area (Å²) in [4.78, 5) is 11.0. The molecule has 2 aliphatic rings. The molecule has 0 saturated carbocycles. The van der Waals surface area contributed by atoms with Gasteiger partial charge in [-0.05, 0) is 75.3 Å². The van der Waals surface area contributed by atoms with Crippen molar-refractivity contribution < 1.29 is 14.4 Å². The molecule has 0 bridgehead atoms. The molecule has 0 unspecified atom stereocenters. The molecule has 0 radical (unpaired) electrons. The molecule has 0 fully saturated rings. The van der Waals surface area contributed by atoms with E-state index in [1.54, 1.807) is 37.4 Å². The van der Waals surface area contributed by atoms with Crippen molar-refractivity contribution in [2.24, 2.45) is 5.92 Å². The molecule has 0 amide bonds. The van der Waals surface area contributed by atoms with E-state index in [1.807, 2.05) is 18.2 Å². The number of hydrogen-bond donors (Lipinski definition) is 1. The number of methoxy groups -OCH3 is 1. The molecule has 9 heteroatoms. The van der Waals surface area contributed by atoms with Gasteiger partial charge in [-0.3, -0.25) is 10.1 Å². The van der Waals surface area contributed by atoms with E-state index in [0.29, 0.717) is 28.2 Å². The lowest BCUT2D eigenvalue weighted by atomic mass is 9.77. The van der Waals surface area contributed by atoms with Crippen molar-refractivity contribution in [1.29, 1.82) is 0 Å². The average molecular weight is 576 g/mol. The number of nitrogens with zero attached hydrogens (tertiary/aromatic N) is 1. The van der Waals surface area contributed by atoms with E-state index in [-0.39, 0.29) is 28.5 Å². The molecular weight excluding hydrogens is 555 g/mol. The Labute approximate surface area is 221 Å². The van der Waals surface area contributed by atoms with Crippen LogP contribution in [-0.2, 0) is 6.61 Å². The largest absolute Gasteiger partial charge is 0.493 e. The van der Waals surface area contributed by atoms with E-state index >= 15 is 0 Å². The monoisotopic (exact) mass is 574 g/mol. The van der Waals surface area contributed by atoms with Crippen molar-refractivity contribution in [3.8, 4) is 11.5 Å². The minimum atomic E-state index is -0.348. The third-order valence-corrected chi connectivity index (χ3v) is 7.86. The normalized spacial score (nSPS) is 20.1. The lowest BCUT2D eigenvalue weighted by Gasteiger charge is -2.37. The van der Waals surface area contributed by atoms with Crippen LogP contribution in [0, 0.1) is 16.0 Å². The van der Waals surface area contributed by atoms with E-state index < -0.39 is 0 Å². The standard InChI is InChI=1S/C26H21BrCl2N2O4/c1-34-24-11-15(10-20(27)26(24)35-13-14-5-7-21(28)22(29)9-14)25-18-4-2-3-17(18)19-12-16(31(32)33)6-8-23(19)30-25/h2-3,5-12,17-18,25,30H,4,13H2,1H3/t17-,18-,25+/m1/s1. The summed E-state index contributed by atoms with van der Waals surface area (Å²) in [5.41, 5.74) is 3.90. The molecule has 0 saturated heterocycles. The van der Waals surface area contributed by atoms with Crippen LogP contribution in [0.4, 0.5) is 11.4 Å². The average Bonchev–Trinajstić information content (AvgIpc) is 3.34. The summed E-state index contributed by atoms with van der Waals surface area (Å²) in [7, 11) is 1.61. The first kappa shape index (κ1) is 24.0. The first-order valence-corrected chi connectivity index (χ1v) is 12.6. The minimum Gasteiger partial charge on any atom is -0.493 e. The molecule has 1 heterocycles. The van der Waals surface area contributed by atoms with E-state index in [4.69, 9.17) is 32.7 Å². The van der Waals surface area contributed by atoms with Gasteiger partial charge in [0.25, 0.3) is 5.69 Å². The summed E-state index contributed by atoms with van der Waals surface area (Å²) >= 11 is 15.8.